The number of piperidine rings is 1. The standard InChI is InChI=1S/C19H18ClF2N3O4/c1-29-10-5-13(21)18(14(22)6-10)11-7-17(27)23-8-15(11)25-19(28)24-9-2-3-12(20)16(26)4-9/h2-6,11,15,26H,7-8H2,1H3,(H,23,27)(H2,24,25,28). The van der Waals surface area contributed by atoms with Gasteiger partial charge in [-0.1, -0.05) is 11.6 Å². The van der Waals surface area contributed by atoms with Gasteiger partial charge in [0.15, 0.2) is 0 Å². The number of amides is 3. The molecule has 1 aliphatic heterocycles. The molecule has 0 aromatic heterocycles. The quantitative estimate of drug-likeness (QED) is 0.604. The van der Waals surface area contributed by atoms with Gasteiger partial charge in [0.25, 0.3) is 0 Å². The van der Waals surface area contributed by atoms with Gasteiger partial charge in [0, 0.05) is 48.3 Å². The zero-order valence-corrected chi connectivity index (χ0v) is 16.0. The molecular formula is C19H18ClF2N3O4. The molecule has 2 unspecified atom stereocenters. The number of phenolic OH excluding ortho intramolecular Hbond substituents is 1. The summed E-state index contributed by atoms with van der Waals surface area (Å²) in [6, 6.07) is 4.74. The Labute approximate surface area is 170 Å². The number of phenols is 1. The summed E-state index contributed by atoms with van der Waals surface area (Å²) in [4.78, 5) is 24.2. The van der Waals surface area contributed by atoms with E-state index in [1.54, 1.807) is 0 Å². The molecule has 0 spiro atoms. The number of methoxy groups -OCH3 is 1. The van der Waals surface area contributed by atoms with E-state index >= 15 is 0 Å². The largest absolute Gasteiger partial charge is 0.506 e. The van der Waals surface area contributed by atoms with Crippen LogP contribution in [0.1, 0.15) is 17.9 Å². The fourth-order valence-corrected chi connectivity index (χ4v) is 3.31. The number of hydrogen-bond acceptors (Lipinski definition) is 4. The highest BCUT2D eigenvalue weighted by Gasteiger charge is 2.35. The average molecular weight is 426 g/mol. The van der Waals surface area contributed by atoms with Crippen molar-refractivity contribution < 1.29 is 28.2 Å². The van der Waals surface area contributed by atoms with E-state index < -0.39 is 29.6 Å². The van der Waals surface area contributed by atoms with Gasteiger partial charge < -0.3 is 25.8 Å². The molecule has 0 radical (unpaired) electrons. The Hall–Kier alpha value is -3.07. The second kappa shape index (κ2) is 8.52. The molecule has 154 valence electrons. The van der Waals surface area contributed by atoms with Gasteiger partial charge in [-0.15, -0.1) is 0 Å². The molecule has 1 aliphatic rings. The van der Waals surface area contributed by atoms with E-state index in [-0.39, 0.29) is 46.6 Å². The molecule has 2 aromatic carbocycles. The van der Waals surface area contributed by atoms with Crippen molar-refractivity contribution in [2.45, 2.75) is 18.4 Å². The number of carbonyl (C=O) groups is 2. The zero-order chi connectivity index (χ0) is 21.1. The summed E-state index contributed by atoms with van der Waals surface area (Å²) in [5, 5.41) is 17.4. The van der Waals surface area contributed by atoms with Gasteiger partial charge >= 0.3 is 6.03 Å². The number of anilines is 1. The summed E-state index contributed by atoms with van der Waals surface area (Å²) in [6.45, 7) is -0.00625. The predicted octanol–water partition coefficient (Wildman–Crippen LogP) is 3.13. The van der Waals surface area contributed by atoms with Gasteiger partial charge in [-0.3, -0.25) is 4.79 Å². The lowest BCUT2D eigenvalue weighted by Gasteiger charge is -2.33. The van der Waals surface area contributed by atoms with Crippen LogP contribution < -0.4 is 20.7 Å². The molecule has 0 bridgehead atoms. The van der Waals surface area contributed by atoms with Crippen molar-refractivity contribution in [3.8, 4) is 11.5 Å². The Morgan fingerprint density at radius 2 is 1.97 bits per heavy atom. The number of aromatic hydroxyl groups is 1. The zero-order valence-electron chi connectivity index (χ0n) is 15.3. The number of ether oxygens (including phenoxy) is 1. The third-order valence-corrected chi connectivity index (χ3v) is 4.91. The van der Waals surface area contributed by atoms with E-state index in [0.29, 0.717) is 0 Å². The van der Waals surface area contributed by atoms with Crippen molar-refractivity contribution in [2.24, 2.45) is 0 Å². The van der Waals surface area contributed by atoms with Crippen LogP contribution >= 0.6 is 11.6 Å². The first-order chi connectivity index (χ1) is 13.8. The van der Waals surface area contributed by atoms with E-state index in [1.807, 2.05) is 0 Å². The Bertz CT molecular complexity index is 934. The monoisotopic (exact) mass is 425 g/mol. The number of carbonyl (C=O) groups excluding carboxylic acids is 2. The molecule has 2 atom stereocenters. The first kappa shape index (κ1) is 20.7. The van der Waals surface area contributed by atoms with Crippen LogP contribution in [-0.2, 0) is 4.79 Å². The second-order valence-corrected chi connectivity index (χ2v) is 6.90. The third kappa shape index (κ3) is 4.68. The smallest absolute Gasteiger partial charge is 0.319 e. The summed E-state index contributed by atoms with van der Waals surface area (Å²) in [5.41, 5.74) is -0.0299. The lowest BCUT2D eigenvalue weighted by molar-refractivity contribution is -0.123. The minimum absolute atomic E-state index is 0.00625. The molecule has 29 heavy (non-hydrogen) atoms. The molecule has 3 rings (SSSR count). The molecule has 1 fully saturated rings. The topological polar surface area (TPSA) is 99.7 Å². The van der Waals surface area contributed by atoms with Crippen molar-refractivity contribution >= 4 is 29.2 Å². The van der Waals surface area contributed by atoms with Crippen LogP contribution in [0.15, 0.2) is 30.3 Å². The number of hydrogen-bond donors (Lipinski definition) is 4. The Morgan fingerprint density at radius 1 is 1.28 bits per heavy atom. The van der Waals surface area contributed by atoms with Gasteiger partial charge in [-0.2, -0.15) is 0 Å². The molecule has 10 heteroatoms. The number of nitrogens with one attached hydrogen (secondary N) is 3. The Morgan fingerprint density at radius 3 is 2.59 bits per heavy atom. The van der Waals surface area contributed by atoms with Gasteiger partial charge in [0.2, 0.25) is 5.91 Å². The normalized spacial score (nSPS) is 18.7. The summed E-state index contributed by atoms with van der Waals surface area (Å²) < 4.78 is 33.9. The molecule has 3 amide bonds. The van der Waals surface area contributed by atoms with Gasteiger partial charge in [0.05, 0.1) is 18.2 Å². The highest BCUT2D eigenvalue weighted by molar-refractivity contribution is 6.32. The molecule has 1 saturated heterocycles. The van der Waals surface area contributed by atoms with Crippen LogP contribution in [0.5, 0.6) is 11.5 Å². The van der Waals surface area contributed by atoms with E-state index in [1.165, 1.54) is 25.3 Å². The molecular weight excluding hydrogens is 408 g/mol. The molecule has 0 saturated carbocycles. The van der Waals surface area contributed by atoms with Gasteiger partial charge in [-0.05, 0) is 12.1 Å². The van der Waals surface area contributed by atoms with E-state index in [4.69, 9.17) is 16.3 Å². The van der Waals surface area contributed by atoms with Crippen molar-refractivity contribution in [3.05, 3.63) is 52.6 Å². The van der Waals surface area contributed by atoms with Crippen molar-refractivity contribution in [3.63, 3.8) is 0 Å². The maximum Gasteiger partial charge on any atom is 0.319 e. The first-order valence-electron chi connectivity index (χ1n) is 8.64. The summed E-state index contributed by atoms with van der Waals surface area (Å²) in [7, 11) is 1.28. The van der Waals surface area contributed by atoms with Crippen LogP contribution in [0.2, 0.25) is 5.02 Å². The molecule has 1 heterocycles. The van der Waals surface area contributed by atoms with Crippen LogP contribution in [-0.4, -0.2) is 36.7 Å². The van der Waals surface area contributed by atoms with Crippen LogP contribution in [0.3, 0.4) is 0 Å². The van der Waals surface area contributed by atoms with Crippen molar-refractivity contribution in [1.82, 2.24) is 10.6 Å². The minimum atomic E-state index is -0.918. The van der Waals surface area contributed by atoms with Crippen LogP contribution in [0.25, 0.3) is 0 Å². The average Bonchev–Trinajstić information content (AvgIpc) is 2.66. The minimum Gasteiger partial charge on any atom is -0.506 e. The Balaban J connectivity index is 1.80. The summed E-state index contributed by atoms with van der Waals surface area (Å²) >= 11 is 5.73. The maximum atomic E-state index is 14.5. The maximum absolute atomic E-state index is 14.5. The third-order valence-electron chi connectivity index (χ3n) is 4.59. The number of benzene rings is 2. The molecule has 4 N–H and O–H groups in total. The fraction of sp³-hybridized carbons (Fsp3) is 0.263. The van der Waals surface area contributed by atoms with E-state index in [2.05, 4.69) is 16.0 Å². The Kier molecular flexibility index (Phi) is 6.07. The van der Waals surface area contributed by atoms with E-state index in [0.717, 1.165) is 12.1 Å². The van der Waals surface area contributed by atoms with Crippen LogP contribution in [0, 0.1) is 11.6 Å². The van der Waals surface area contributed by atoms with Crippen molar-refractivity contribution in [2.75, 3.05) is 19.0 Å². The fourth-order valence-electron chi connectivity index (χ4n) is 3.19. The predicted molar refractivity (Wildman–Crippen MR) is 102 cm³/mol. The van der Waals surface area contributed by atoms with Crippen LogP contribution in [0.4, 0.5) is 19.3 Å². The highest BCUT2D eigenvalue weighted by Crippen LogP contribution is 2.33. The lowest BCUT2D eigenvalue weighted by Crippen LogP contribution is -2.53. The highest BCUT2D eigenvalue weighted by atomic mass is 35.5. The van der Waals surface area contributed by atoms with Crippen molar-refractivity contribution in [1.29, 1.82) is 0 Å². The van der Waals surface area contributed by atoms with Gasteiger partial charge in [0.1, 0.15) is 23.1 Å². The SMILES string of the molecule is COc1cc(F)c(C2CC(=O)NCC2NC(=O)Nc2ccc(Cl)c(O)c2)c(F)c1. The number of halogens is 3. The second-order valence-electron chi connectivity index (χ2n) is 6.49. The van der Waals surface area contributed by atoms with Gasteiger partial charge in [-0.25, -0.2) is 13.6 Å². The number of rotatable bonds is 4. The first-order valence-corrected chi connectivity index (χ1v) is 9.02. The summed E-state index contributed by atoms with van der Waals surface area (Å²) in [5.74, 6) is -3.24. The molecule has 7 nitrogen and oxygen atoms in total. The summed E-state index contributed by atoms with van der Waals surface area (Å²) in [6.07, 6.45) is -0.202. The number of urea groups is 1. The molecule has 0 aliphatic carbocycles. The van der Waals surface area contributed by atoms with E-state index in [9.17, 15) is 23.5 Å². The molecule has 2 aromatic rings. The lowest BCUT2D eigenvalue weighted by atomic mass is 9.85.